The van der Waals surface area contributed by atoms with Crippen LogP contribution in [0.15, 0.2) is 42.5 Å². The summed E-state index contributed by atoms with van der Waals surface area (Å²) in [7, 11) is 0. The van der Waals surface area contributed by atoms with E-state index >= 15 is 0 Å². The molecule has 0 aliphatic carbocycles. The van der Waals surface area contributed by atoms with E-state index in [1.54, 1.807) is 17.0 Å². The maximum atomic E-state index is 12.8. The van der Waals surface area contributed by atoms with Crippen LogP contribution in [0.25, 0.3) is 0 Å². The number of hydrogen-bond donors (Lipinski definition) is 2. The van der Waals surface area contributed by atoms with Crippen LogP contribution < -0.4 is 15.5 Å². The number of carbonyl (C=O) groups excluding carboxylic acids is 2. The lowest BCUT2D eigenvalue weighted by Crippen LogP contribution is -2.52. The average Bonchev–Trinajstić information content (AvgIpc) is 2.81. The highest BCUT2D eigenvalue weighted by atomic mass is 19.4. The number of Topliss-reactive ketones (excluding diaryl/α,β-unsaturated/α-hetero) is 1. The number of piperazine rings is 1. The predicted octanol–water partition coefficient (Wildman–Crippen LogP) is 3.76. The number of halogens is 3. The lowest BCUT2D eigenvalue weighted by molar-refractivity contribution is -0.384. The van der Waals surface area contributed by atoms with Crippen molar-refractivity contribution in [2.75, 3.05) is 49.5 Å². The van der Waals surface area contributed by atoms with Gasteiger partial charge in [0.2, 0.25) is 0 Å². The first-order valence-corrected chi connectivity index (χ1v) is 10.5. The van der Waals surface area contributed by atoms with Gasteiger partial charge >= 0.3 is 12.2 Å². The van der Waals surface area contributed by atoms with E-state index in [1.807, 2.05) is 12.1 Å². The summed E-state index contributed by atoms with van der Waals surface area (Å²) in [5.74, 6) is -0.00421. The zero-order valence-corrected chi connectivity index (χ0v) is 18.4. The van der Waals surface area contributed by atoms with E-state index in [-0.39, 0.29) is 30.6 Å². The smallest absolute Gasteiger partial charge is 0.378 e. The molecular formula is C22H24F3N5O4. The second-order valence-corrected chi connectivity index (χ2v) is 7.72. The predicted molar refractivity (Wildman–Crippen MR) is 120 cm³/mol. The fraction of sp³-hybridized carbons (Fsp3) is 0.364. The van der Waals surface area contributed by atoms with E-state index in [9.17, 15) is 32.9 Å². The molecule has 9 nitrogen and oxygen atoms in total. The number of nitro benzene ring substituents is 1. The molecule has 0 bridgehead atoms. The van der Waals surface area contributed by atoms with E-state index in [0.717, 1.165) is 17.8 Å². The van der Waals surface area contributed by atoms with Crippen LogP contribution in [-0.2, 0) is 6.18 Å². The molecule has 182 valence electrons. The quantitative estimate of drug-likeness (QED) is 0.271. The first-order valence-electron chi connectivity index (χ1n) is 10.5. The van der Waals surface area contributed by atoms with Gasteiger partial charge in [0, 0.05) is 56.6 Å². The molecule has 1 saturated heterocycles. The van der Waals surface area contributed by atoms with Gasteiger partial charge < -0.3 is 20.4 Å². The van der Waals surface area contributed by atoms with Crippen molar-refractivity contribution in [3.05, 3.63) is 63.7 Å². The number of rotatable bonds is 7. The monoisotopic (exact) mass is 479 g/mol. The normalized spacial score (nSPS) is 14.0. The van der Waals surface area contributed by atoms with Gasteiger partial charge in [-0.25, -0.2) is 4.79 Å². The van der Waals surface area contributed by atoms with Gasteiger partial charge in [0.25, 0.3) is 5.69 Å². The van der Waals surface area contributed by atoms with Crippen molar-refractivity contribution in [1.29, 1.82) is 0 Å². The van der Waals surface area contributed by atoms with E-state index < -0.39 is 22.4 Å². The second kappa shape index (κ2) is 10.4. The molecule has 2 amide bonds. The van der Waals surface area contributed by atoms with Crippen molar-refractivity contribution >= 4 is 28.9 Å². The summed E-state index contributed by atoms with van der Waals surface area (Å²) in [5.41, 5.74) is -0.248. The van der Waals surface area contributed by atoms with Crippen LogP contribution in [0.3, 0.4) is 0 Å². The van der Waals surface area contributed by atoms with Crippen LogP contribution in [0.2, 0.25) is 0 Å². The van der Waals surface area contributed by atoms with Crippen LogP contribution in [0.4, 0.5) is 35.0 Å². The molecule has 2 aromatic rings. The Hall–Kier alpha value is -3.83. The van der Waals surface area contributed by atoms with Gasteiger partial charge in [0.15, 0.2) is 5.78 Å². The van der Waals surface area contributed by atoms with Crippen molar-refractivity contribution in [2.24, 2.45) is 0 Å². The van der Waals surface area contributed by atoms with Gasteiger partial charge in [-0.3, -0.25) is 14.9 Å². The highest BCUT2D eigenvalue weighted by Crippen LogP contribution is 2.34. The van der Waals surface area contributed by atoms with E-state index in [4.69, 9.17) is 0 Å². The van der Waals surface area contributed by atoms with Crippen molar-refractivity contribution in [3.63, 3.8) is 0 Å². The number of carbonyl (C=O) groups is 2. The van der Waals surface area contributed by atoms with Crippen LogP contribution >= 0.6 is 0 Å². The highest BCUT2D eigenvalue weighted by molar-refractivity contribution is 5.94. The molecule has 0 saturated carbocycles. The Morgan fingerprint density at radius 3 is 2.24 bits per heavy atom. The van der Waals surface area contributed by atoms with Gasteiger partial charge in [-0.1, -0.05) is 0 Å². The summed E-state index contributed by atoms with van der Waals surface area (Å²) in [6.45, 7) is 3.93. The van der Waals surface area contributed by atoms with E-state index in [0.29, 0.717) is 37.8 Å². The Kier molecular flexibility index (Phi) is 7.59. The largest absolute Gasteiger partial charge is 0.416 e. The summed E-state index contributed by atoms with van der Waals surface area (Å²) < 4.78 is 38.4. The van der Waals surface area contributed by atoms with E-state index in [1.165, 1.54) is 6.92 Å². The van der Waals surface area contributed by atoms with Gasteiger partial charge in [-0.15, -0.1) is 0 Å². The van der Waals surface area contributed by atoms with Crippen molar-refractivity contribution in [2.45, 2.75) is 13.1 Å². The molecule has 0 atom stereocenters. The van der Waals surface area contributed by atoms with Gasteiger partial charge in [-0.05, 0) is 43.3 Å². The summed E-state index contributed by atoms with van der Waals surface area (Å²) in [4.78, 5) is 37.8. The fourth-order valence-corrected chi connectivity index (χ4v) is 3.56. The Bertz CT molecular complexity index is 1050. The molecule has 0 unspecified atom stereocenters. The number of amides is 2. The first kappa shape index (κ1) is 24.8. The van der Waals surface area contributed by atoms with Gasteiger partial charge in [-0.2, -0.15) is 13.2 Å². The molecule has 0 radical (unpaired) electrons. The topological polar surface area (TPSA) is 108 Å². The Labute approximate surface area is 193 Å². The lowest BCUT2D eigenvalue weighted by Gasteiger charge is -2.36. The minimum Gasteiger partial charge on any atom is -0.378 e. The summed E-state index contributed by atoms with van der Waals surface area (Å²) >= 11 is 0. The maximum absolute atomic E-state index is 12.8. The fourth-order valence-electron chi connectivity index (χ4n) is 3.56. The number of anilines is 2. The molecule has 0 spiro atoms. The number of nitrogens with zero attached hydrogens (tertiary/aromatic N) is 3. The number of hydrogen-bond acceptors (Lipinski definition) is 6. The summed E-state index contributed by atoms with van der Waals surface area (Å²) in [6, 6.07) is 9.24. The molecule has 1 aliphatic heterocycles. The van der Waals surface area contributed by atoms with Crippen LogP contribution in [-0.4, -0.2) is 60.9 Å². The standard InChI is InChI=1S/C22H24F3N5O4/c1-15(31)16-2-5-18(6-3-16)28-10-12-29(13-11-28)21(32)27-9-8-26-19-7-4-17(22(23,24)25)14-20(19)30(33)34/h2-7,14,26H,8-13H2,1H3,(H,27,32). The number of benzene rings is 2. The summed E-state index contributed by atoms with van der Waals surface area (Å²) in [6.07, 6.45) is -4.68. The third-order valence-electron chi connectivity index (χ3n) is 5.44. The Morgan fingerprint density at radius 2 is 1.68 bits per heavy atom. The Morgan fingerprint density at radius 1 is 1.03 bits per heavy atom. The average molecular weight is 479 g/mol. The number of nitro groups is 1. The van der Waals surface area contributed by atoms with Crippen LogP contribution in [0.1, 0.15) is 22.8 Å². The molecular weight excluding hydrogens is 455 g/mol. The second-order valence-electron chi connectivity index (χ2n) is 7.72. The zero-order valence-electron chi connectivity index (χ0n) is 18.4. The molecule has 0 aromatic heterocycles. The SMILES string of the molecule is CC(=O)c1ccc(N2CCN(C(=O)NCCNc3ccc(C(F)(F)F)cc3[N+](=O)[O-])CC2)cc1. The molecule has 1 aliphatic rings. The maximum Gasteiger partial charge on any atom is 0.416 e. The number of nitrogens with one attached hydrogen (secondary N) is 2. The molecule has 2 N–H and O–H groups in total. The third kappa shape index (κ3) is 6.15. The van der Waals surface area contributed by atoms with E-state index in [2.05, 4.69) is 15.5 Å². The zero-order chi connectivity index (χ0) is 24.9. The van der Waals surface area contributed by atoms with Gasteiger partial charge in [0.05, 0.1) is 10.5 Å². The first-order chi connectivity index (χ1) is 16.1. The number of alkyl halides is 3. The number of urea groups is 1. The van der Waals surface area contributed by atoms with Crippen LogP contribution in [0, 0.1) is 10.1 Å². The molecule has 1 fully saturated rings. The minimum absolute atomic E-state index is 0.00421. The lowest BCUT2D eigenvalue weighted by atomic mass is 10.1. The highest BCUT2D eigenvalue weighted by Gasteiger charge is 2.33. The Balaban J connectivity index is 1.45. The van der Waals surface area contributed by atoms with Crippen molar-refractivity contribution < 1.29 is 27.7 Å². The minimum atomic E-state index is -4.68. The van der Waals surface area contributed by atoms with Crippen molar-refractivity contribution in [1.82, 2.24) is 10.2 Å². The number of ketones is 1. The van der Waals surface area contributed by atoms with Crippen molar-refractivity contribution in [3.8, 4) is 0 Å². The molecule has 34 heavy (non-hydrogen) atoms. The van der Waals surface area contributed by atoms with Crippen LogP contribution in [0.5, 0.6) is 0 Å². The molecule has 3 rings (SSSR count). The molecule has 12 heteroatoms. The third-order valence-corrected chi connectivity index (χ3v) is 5.44. The van der Waals surface area contributed by atoms with Gasteiger partial charge in [0.1, 0.15) is 5.69 Å². The molecule has 1 heterocycles. The molecule has 2 aromatic carbocycles. The summed E-state index contributed by atoms with van der Waals surface area (Å²) in [5, 5.41) is 16.5.